The molecule has 0 aliphatic rings. The Morgan fingerprint density at radius 2 is 2.50 bits per heavy atom. The van der Waals surface area contributed by atoms with Crippen LogP contribution in [0.3, 0.4) is 0 Å². The Hall–Kier alpha value is -1.45. The Labute approximate surface area is 57.7 Å². The highest BCUT2D eigenvalue weighted by Crippen LogP contribution is 2.13. The molecule has 0 aliphatic heterocycles. The Bertz CT molecular complexity index is 357. The summed E-state index contributed by atoms with van der Waals surface area (Å²) < 4.78 is 1.92. The lowest BCUT2D eigenvalue weighted by Crippen LogP contribution is -1.83. The van der Waals surface area contributed by atoms with Crippen LogP contribution in [-0.2, 0) is 7.05 Å². The number of anilines is 1. The molecule has 52 valence electrons. The molecule has 0 saturated carbocycles. The number of nitrogen functional groups attached to an aromatic ring is 1. The van der Waals surface area contributed by atoms with Crippen LogP contribution in [-0.4, -0.2) is 14.5 Å². The minimum Gasteiger partial charge on any atom is -0.385 e. The summed E-state index contributed by atoms with van der Waals surface area (Å²) in [7, 11) is 1.93. The van der Waals surface area contributed by atoms with E-state index in [9.17, 15) is 0 Å². The van der Waals surface area contributed by atoms with Crippen LogP contribution >= 0.6 is 0 Å². The first kappa shape index (κ1) is 5.34. The van der Waals surface area contributed by atoms with Crippen molar-refractivity contribution in [2.75, 3.05) is 5.73 Å². The van der Waals surface area contributed by atoms with E-state index in [2.05, 4.69) is 9.97 Å². The van der Waals surface area contributed by atoms with Gasteiger partial charge in [0.05, 0.1) is 11.8 Å². The van der Waals surface area contributed by atoms with Crippen LogP contribution < -0.4 is 5.73 Å². The van der Waals surface area contributed by atoms with Crippen molar-refractivity contribution in [3.63, 3.8) is 0 Å². The third-order valence-electron chi connectivity index (χ3n) is 1.54. The number of nitrogens with zero attached hydrogens (tertiary/aromatic N) is 2. The molecule has 0 atom stereocenters. The van der Waals surface area contributed by atoms with E-state index in [0.717, 1.165) is 11.2 Å². The van der Waals surface area contributed by atoms with Gasteiger partial charge in [0.2, 0.25) is 0 Å². The Balaban J connectivity index is 2.90. The first-order chi connectivity index (χ1) is 4.77. The molecule has 2 aromatic heterocycles. The maximum atomic E-state index is 5.50. The number of aryl methyl sites for hydroxylation is 1. The van der Waals surface area contributed by atoms with Gasteiger partial charge in [-0.2, -0.15) is 0 Å². The Morgan fingerprint density at radius 3 is 3.20 bits per heavy atom. The van der Waals surface area contributed by atoms with E-state index < -0.39 is 0 Å². The summed E-state index contributed by atoms with van der Waals surface area (Å²) in [5, 5.41) is 0. The van der Waals surface area contributed by atoms with Gasteiger partial charge >= 0.3 is 0 Å². The van der Waals surface area contributed by atoms with Gasteiger partial charge in [0, 0.05) is 13.1 Å². The number of rotatable bonds is 0. The molecular formula is C6H8N4. The van der Waals surface area contributed by atoms with Crippen LogP contribution in [0.4, 0.5) is 5.82 Å². The second-order valence-electron chi connectivity index (χ2n) is 2.31. The highest BCUT2D eigenvalue weighted by molar-refractivity contribution is 5.76. The van der Waals surface area contributed by atoms with Crippen molar-refractivity contribution >= 4 is 17.0 Å². The molecule has 0 fully saturated rings. The predicted molar refractivity (Wildman–Crippen MR) is 39.5 cm³/mol. The number of H-pyrrole nitrogens is 1. The molecule has 0 amide bonds. The van der Waals surface area contributed by atoms with Crippen molar-refractivity contribution in [1.82, 2.24) is 14.5 Å². The second-order valence-corrected chi connectivity index (χ2v) is 2.31. The predicted octanol–water partition coefficient (Wildman–Crippen LogP) is 0.484. The molecule has 0 bridgehead atoms. The van der Waals surface area contributed by atoms with Gasteiger partial charge in [-0.25, -0.2) is 4.98 Å². The maximum absolute atomic E-state index is 5.50. The number of aromatic nitrogens is 3. The lowest BCUT2D eigenvalue weighted by molar-refractivity contribution is 0.947. The zero-order valence-corrected chi connectivity index (χ0v) is 5.63. The first-order valence-corrected chi connectivity index (χ1v) is 3.03. The van der Waals surface area contributed by atoms with E-state index in [4.69, 9.17) is 5.73 Å². The van der Waals surface area contributed by atoms with Crippen molar-refractivity contribution in [2.45, 2.75) is 0 Å². The van der Waals surface area contributed by atoms with Gasteiger partial charge in [-0.1, -0.05) is 0 Å². The minimum atomic E-state index is 0.661. The van der Waals surface area contributed by atoms with E-state index in [1.807, 2.05) is 17.7 Å². The summed E-state index contributed by atoms with van der Waals surface area (Å²) >= 11 is 0. The minimum absolute atomic E-state index is 0.661. The van der Waals surface area contributed by atoms with E-state index >= 15 is 0 Å². The molecule has 0 aromatic carbocycles. The number of hydrogen-bond donors (Lipinski definition) is 2. The molecular weight excluding hydrogens is 128 g/mol. The summed E-state index contributed by atoms with van der Waals surface area (Å²) in [6, 6.07) is 1.86. The summed E-state index contributed by atoms with van der Waals surface area (Å²) in [6.07, 6.45) is 1.75. The zero-order chi connectivity index (χ0) is 7.14. The molecule has 4 nitrogen and oxygen atoms in total. The molecule has 2 heterocycles. The number of aromatic amines is 1. The van der Waals surface area contributed by atoms with Crippen LogP contribution in [0, 0.1) is 0 Å². The largest absolute Gasteiger partial charge is 0.385 e. The first-order valence-electron chi connectivity index (χ1n) is 3.03. The molecule has 0 radical (unpaired) electrons. The van der Waals surface area contributed by atoms with E-state index in [0.29, 0.717) is 5.82 Å². The van der Waals surface area contributed by atoms with Crippen LogP contribution in [0.5, 0.6) is 0 Å². The van der Waals surface area contributed by atoms with Gasteiger partial charge in [-0.05, 0) is 0 Å². The monoisotopic (exact) mass is 136 g/mol. The molecule has 2 aromatic rings. The Kier molecular flexibility index (Phi) is 0.818. The highest BCUT2D eigenvalue weighted by Gasteiger charge is 2.00. The highest BCUT2D eigenvalue weighted by atomic mass is 15.1. The molecule has 0 aliphatic carbocycles. The van der Waals surface area contributed by atoms with E-state index in [1.54, 1.807) is 6.33 Å². The van der Waals surface area contributed by atoms with Crippen LogP contribution in [0.15, 0.2) is 12.4 Å². The van der Waals surface area contributed by atoms with Crippen molar-refractivity contribution in [3.8, 4) is 0 Å². The fourth-order valence-corrected chi connectivity index (χ4v) is 1.03. The average Bonchev–Trinajstić information content (AvgIpc) is 2.35. The molecule has 0 spiro atoms. The number of fused-ring (bicyclic) bond motifs is 1. The van der Waals surface area contributed by atoms with Crippen molar-refractivity contribution in [3.05, 3.63) is 12.4 Å². The zero-order valence-electron chi connectivity index (χ0n) is 5.63. The second kappa shape index (κ2) is 1.53. The normalized spacial score (nSPS) is 10.9. The molecule has 0 unspecified atom stereocenters. The van der Waals surface area contributed by atoms with Gasteiger partial charge in [-0.3, -0.25) is 0 Å². The maximum Gasteiger partial charge on any atom is 0.157 e. The van der Waals surface area contributed by atoms with Crippen LogP contribution in [0.2, 0.25) is 0 Å². The number of nitrogens with one attached hydrogen (secondary N) is 1. The number of nitrogens with two attached hydrogens (primary N) is 1. The van der Waals surface area contributed by atoms with Crippen LogP contribution in [0.25, 0.3) is 11.2 Å². The van der Waals surface area contributed by atoms with Crippen molar-refractivity contribution < 1.29 is 0 Å². The quantitative estimate of drug-likeness (QED) is 0.553. The fraction of sp³-hybridized carbons (Fsp3) is 0.167. The van der Waals surface area contributed by atoms with Gasteiger partial charge in [0.15, 0.2) is 5.65 Å². The fourth-order valence-electron chi connectivity index (χ4n) is 1.03. The summed E-state index contributed by atoms with van der Waals surface area (Å²) in [5.41, 5.74) is 7.38. The third kappa shape index (κ3) is 0.528. The van der Waals surface area contributed by atoms with Gasteiger partial charge in [0.25, 0.3) is 0 Å². The van der Waals surface area contributed by atoms with Gasteiger partial charge in [-0.15, -0.1) is 0 Å². The molecule has 3 N–H and O–H groups in total. The van der Waals surface area contributed by atoms with Crippen molar-refractivity contribution in [2.24, 2.45) is 7.05 Å². The molecule has 0 saturated heterocycles. The van der Waals surface area contributed by atoms with Crippen molar-refractivity contribution in [1.29, 1.82) is 0 Å². The molecule has 2 rings (SSSR count). The third-order valence-corrected chi connectivity index (χ3v) is 1.54. The lowest BCUT2D eigenvalue weighted by atomic mass is 10.5. The smallest absolute Gasteiger partial charge is 0.157 e. The molecule has 10 heavy (non-hydrogen) atoms. The average molecular weight is 136 g/mol. The topological polar surface area (TPSA) is 59.6 Å². The van der Waals surface area contributed by atoms with Crippen LogP contribution in [0.1, 0.15) is 0 Å². The Morgan fingerprint density at radius 1 is 1.70 bits per heavy atom. The standard InChI is InChI=1S/C6H8N4/c1-10-3-8-6-4(10)2-5(7)9-6/h2-3,9H,7H2,1H3. The molecule has 4 heteroatoms. The number of imidazole rings is 1. The number of hydrogen-bond acceptors (Lipinski definition) is 2. The summed E-state index contributed by atoms with van der Waals surface area (Å²) in [4.78, 5) is 6.99. The SMILES string of the molecule is Cn1cnc2[nH]c(N)cc21. The van der Waals surface area contributed by atoms with E-state index in [1.165, 1.54) is 0 Å². The van der Waals surface area contributed by atoms with E-state index in [-0.39, 0.29) is 0 Å². The van der Waals surface area contributed by atoms with Gasteiger partial charge < -0.3 is 15.3 Å². The van der Waals surface area contributed by atoms with Gasteiger partial charge in [0.1, 0.15) is 5.82 Å². The summed E-state index contributed by atoms with van der Waals surface area (Å²) in [5.74, 6) is 0.661. The lowest BCUT2D eigenvalue weighted by Gasteiger charge is -1.84. The summed E-state index contributed by atoms with van der Waals surface area (Å²) in [6.45, 7) is 0.